The molecular weight excluding hydrogens is 388 g/mol. The fourth-order valence-corrected chi connectivity index (χ4v) is 6.07. The molecule has 0 heterocycles. The van der Waals surface area contributed by atoms with E-state index < -0.39 is 12.1 Å². The van der Waals surface area contributed by atoms with Gasteiger partial charge in [0.15, 0.2) is 0 Å². The molecule has 4 nitrogen and oxygen atoms in total. The lowest BCUT2D eigenvalue weighted by molar-refractivity contribution is -0.147. The van der Waals surface area contributed by atoms with Gasteiger partial charge in [0.05, 0.1) is 25.2 Å². The number of hydrogen-bond acceptors (Lipinski definition) is 3. The fourth-order valence-electron chi connectivity index (χ4n) is 6.07. The van der Waals surface area contributed by atoms with E-state index in [-0.39, 0.29) is 17.3 Å². The molecular formula is C27H50O4. The van der Waals surface area contributed by atoms with Gasteiger partial charge in [0.1, 0.15) is 0 Å². The molecule has 2 rings (SSSR count). The van der Waals surface area contributed by atoms with Crippen LogP contribution in [0.4, 0.5) is 0 Å². The molecule has 2 fully saturated rings. The third-order valence-electron chi connectivity index (χ3n) is 9.36. The number of hydrogen-bond donors (Lipinski definition) is 2. The molecule has 31 heavy (non-hydrogen) atoms. The molecule has 0 amide bonds. The van der Waals surface area contributed by atoms with Crippen molar-refractivity contribution in [1.29, 1.82) is 0 Å². The Bertz CT molecular complexity index is 519. The second-order valence-corrected chi connectivity index (χ2v) is 10.9. The van der Waals surface area contributed by atoms with Crippen LogP contribution in [0.2, 0.25) is 0 Å². The fraction of sp³-hybridized carbons (Fsp3) is 0.963. The highest BCUT2D eigenvalue weighted by Crippen LogP contribution is 2.43. The van der Waals surface area contributed by atoms with Crippen molar-refractivity contribution in [3.05, 3.63) is 0 Å². The minimum Gasteiger partial charge on any atom is -0.481 e. The lowest BCUT2D eigenvalue weighted by Gasteiger charge is -2.40. The van der Waals surface area contributed by atoms with Crippen LogP contribution in [-0.2, 0) is 9.53 Å². The monoisotopic (exact) mass is 438 g/mol. The van der Waals surface area contributed by atoms with E-state index in [1.54, 1.807) is 0 Å². The molecule has 0 radical (unpaired) electrons. The van der Waals surface area contributed by atoms with E-state index in [1.165, 1.54) is 38.5 Å². The van der Waals surface area contributed by atoms with Crippen LogP contribution >= 0.6 is 0 Å². The Morgan fingerprint density at radius 2 is 1.48 bits per heavy atom. The van der Waals surface area contributed by atoms with Crippen molar-refractivity contribution in [2.24, 2.45) is 28.6 Å². The molecule has 0 aliphatic heterocycles. The Balaban J connectivity index is 1.90. The van der Waals surface area contributed by atoms with Crippen LogP contribution in [0.1, 0.15) is 118 Å². The molecule has 4 heteroatoms. The topological polar surface area (TPSA) is 66.8 Å². The van der Waals surface area contributed by atoms with Gasteiger partial charge in [0, 0.05) is 0 Å². The predicted molar refractivity (Wildman–Crippen MR) is 127 cm³/mol. The van der Waals surface area contributed by atoms with Crippen molar-refractivity contribution in [2.45, 2.75) is 124 Å². The third-order valence-corrected chi connectivity index (χ3v) is 9.36. The van der Waals surface area contributed by atoms with Gasteiger partial charge in [0.2, 0.25) is 0 Å². The quantitative estimate of drug-likeness (QED) is 0.294. The summed E-state index contributed by atoms with van der Waals surface area (Å²) in [4.78, 5) is 11.6. The molecule has 3 unspecified atom stereocenters. The first-order valence-corrected chi connectivity index (χ1v) is 13.3. The van der Waals surface area contributed by atoms with E-state index in [2.05, 4.69) is 27.7 Å². The average Bonchev–Trinajstić information content (AvgIpc) is 2.77. The standard InChI is InChI=1S/C27H50O4/c1-5-26(6-2,17-16-24(28)22-14-9-10-15-23(22)25(29)30)19-31-20-27(7-3,8-4)18-21-12-11-13-21/h21-24,28H,5-20H2,1-4H3,(H,29,30). The summed E-state index contributed by atoms with van der Waals surface area (Å²) >= 11 is 0. The highest BCUT2D eigenvalue weighted by atomic mass is 16.5. The van der Waals surface area contributed by atoms with E-state index >= 15 is 0 Å². The highest BCUT2D eigenvalue weighted by Gasteiger charge is 2.38. The number of aliphatic carboxylic acids is 1. The SMILES string of the molecule is CCC(CC)(CCC(O)C1CCCCC1C(=O)O)COCC(CC)(CC)CC1CCC1. The van der Waals surface area contributed by atoms with Gasteiger partial charge in [-0.2, -0.15) is 0 Å². The summed E-state index contributed by atoms with van der Waals surface area (Å²) in [6.07, 6.45) is 14.6. The minimum atomic E-state index is -0.730. The normalized spacial score (nSPS) is 24.0. The molecule has 2 N–H and O–H groups in total. The summed E-state index contributed by atoms with van der Waals surface area (Å²) in [5.41, 5.74) is 0.396. The molecule has 0 aromatic rings. The van der Waals surface area contributed by atoms with Crippen LogP contribution in [0.25, 0.3) is 0 Å². The Labute approximate surface area is 191 Å². The number of aliphatic hydroxyl groups is 1. The lowest BCUT2D eigenvalue weighted by Crippen LogP contribution is -2.37. The van der Waals surface area contributed by atoms with Gasteiger partial charge in [-0.05, 0) is 80.5 Å². The Kier molecular flexibility index (Phi) is 10.8. The van der Waals surface area contributed by atoms with E-state index in [4.69, 9.17) is 4.74 Å². The molecule has 3 atom stereocenters. The van der Waals surface area contributed by atoms with Crippen molar-refractivity contribution < 1.29 is 19.7 Å². The maximum atomic E-state index is 11.6. The zero-order valence-electron chi connectivity index (χ0n) is 20.8. The maximum absolute atomic E-state index is 11.6. The van der Waals surface area contributed by atoms with Crippen LogP contribution in [0.15, 0.2) is 0 Å². The van der Waals surface area contributed by atoms with Gasteiger partial charge in [0.25, 0.3) is 0 Å². The maximum Gasteiger partial charge on any atom is 0.306 e. The Hall–Kier alpha value is -0.610. The summed E-state index contributed by atoms with van der Waals surface area (Å²) in [7, 11) is 0. The molecule has 0 spiro atoms. The second kappa shape index (κ2) is 12.6. The molecule has 0 bridgehead atoms. The van der Waals surface area contributed by atoms with Gasteiger partial charge in [-0.15, -0.1) is 0 Å². The van der Waals surface area contributed by atoms with E-state index in [0.29, 0.717) is 18.3 Å². The first-order chi connectivity index (χ1) is 14.8. The highest BCUT2D eigenvalue weighted by molar-refractivity contribution is 5.70. The summed E-state index contributed by atoms with van der Waals surface area (Å²) in [5, 5.41) is 20.5. The van der Waals surface area contributed by atoms with Gasteiger partial charge in [-0.3, -0.25) is 4.79 Å². The smallest absolute Gasteiger partial charge is 0.306 e. The van der Waals surface area contributed by atoms with Gasteiger partial charge in [-0.1, -0.05) is 59.8 Å². The number of ether oxygens (including phenoxy) is 1. The van der Waals surface area contributed by atoms with Crippen molar-refractivity contribution in [3.63, 3.8) is 0 Å². The largest absolute Gasteiger partial charge is 0.481 e. The third kappa shape index (κ3) is 7.19. The molecule has 2 aliphatic rings. The molecule has 2 saturated carbocycles. The number of aliphatic hydroxyl groups excluding tert-OH is 1. The van der Waals surface area contributed by atoms with Gasteiger partial charge < -0.3 is 14.9 Å². The van der Waals surface area contributed by atoms with E-state index in [0.717, 1.165) is 57.7 Å². The van der Waals surface area contributed by atoms with Crippen molar-refractivity contribution in [1.82, 2.24) is 0 Å². The summed E-state index contributed by atoms with van der Waals surface area (Å²) in [5.74, 6) is -0.294. The van der Waals surface area contributed by atoms with Gasteiger partial charge >= 0.3 is 5.97 Å². The summed E-state index contributed by atoms with van der Waals surface area (Å²) < 4.78 is 6.46. The number of carbonyl (C=O) groups is 1. The van der Waals surface area contributed by atoms with Crippen LogP contribution in [0, 0.1) is 28.6 Å². The Morgan fingerprint density at radius 3 is 2.00 bits per heavy atom. The molecule has 182 valence electrons. The predicted octanol–water partition coefficient (Wildman–Crippen LogP) is 6.84. The Morgan fingerprint density at radius 1 is 0.903 bits per heavy atom. The van der Waals surface area contributed by atoms with Crippen molar-refractivity contribution in [2.75, 3.05) is 13.2 Å². The van der Waals surface area contributed by atoms with E-state index in [9.17, 15) is 15.0 Å². The van der Waals surface area contributed by atoms with Crippen LogP contribution in [0.3, 0.4) is 0 Å². The van der Waals surface area contributed by atoms with E-state index in [1.807, 2.05) is 0 Å². The zero-order chi connectivity index (χ0) is 22.9. The molecule has 2 aliphatic carbocycles. The molecule has 0 aromatic carbocycles. The first kappa shape index (κ1) is 26.6. The van der Waals surface area contributed by atoms with Crippen LogP contribution in [0.5, 0.6) is 0 Å². The average molecular weight is 439 g/mol. The molecule has 0 saturated heterocycles. The van der Waals surface area contributed by atoms with Crippen molar-refractivity contribution >= 4 is 5.97 Å². The molecule has 0 aromatic heterocycles. The lowest BCUT2D eigenvalue weighted by atomic mass is 9.69. The van der Waals surface area contributed by atoms with Gasteiger partial charge in [-0.25, -0.2) is 0 Å². The minimum absolute atomic E-state index is 0.0814. The second-order valence-electron chi connectivity index (χ2n) is 10.9. The number of rotatable bonds is 15. The number of carboxylic acid groups (broad SMARTS) is 1. The number of carboxylic acids is 1. The summed E-state index contributed by atoms with van der Waals surface area (Å²) in [6.45, 7) is 10.7. The zero-order valence-corrected chi connectivity index (χ0v) is 20.8. The van der Waals surface area contributed by atoms with Crippen molar-refractivity contribution in [3.8, 4) is 0 Å². The first-order valence-electron chi connectivity index (χ1n) is 13.3. The summed E-state index contributed by atoms with van der Waals surface area (Å²) in [6, 6.07) is 0. The van der Waals surface area contributed by atoms with Crippen LogP contribution in [-0.4, -0.2) is 35.5 Å². The van der Waals surface area contributed by atoms with Crippen LogP contribution < -0.4 is 0 Å².